The molecule has 1 heterocycles. The molecule has 1 aromatic heterocycles. The van der Waals surface area contributed by atoms with Gasteiger partial charge in [-0.3, -0.25) is 4.79 Å². The third-order valence-corrected chi connectivity index (χ3v) is 5.52. The van der Waals surface area contributed by atoms with Gasteiger partial charge < -0.3 is 10.3 Å². The van der Waals surface area contributed by atoms with Gasteiger partial charge in [-0.2, -0.15) is 0 Å². The number of H-pyrrole nitrogens is 1. The first-order valence-corrected chi connectivity index (χ1v) is 8.59. The van der Waals surface area contributed by atoms with Crippen molar-refractivity contribution in [1.82, 2.24) is 10.3 Å². The van der Waals surface area contributed by atoms with Gasteiger partial charge in [-0.05, 0) is 40.4 Å². The van der Waals surface area contributed by atoms with Gasteiger partial charge in [0, 0.05) is 22.9 Å². The summed E-state index contributed by atoms with van der Waals surface area (Å²) in [7, 11) is 0. The number of hydrogen-bond acceptors (Lipinski definition) is 1. The van der Waals surface area contributed by atoms with E-state index in [9.17, 15) is 4.79 Å². The molecule has 1 aliphatic carbocycles. The normalized spacial score (nSPS) is 15.5. The molecule has 0 radical (unpaired) electrons. The van der Waals surface area contributed by atoms with Crippen LogP contribution in [0.2, 0.25) is 0 Å². The smallest absolute Gasteiger partial charge is 0.268 e. The van der Waals surface area contributed by atoms with Gasteiger partial charge in [-0.15, -0.1) is 0 Å². The number of carbonyl (C=O) groups is 1. The summed E-state index contributed by atoms with van der Waals surface area (Å²) in [4.78, 5) is 15.8. The summed E-state index contributed by atoms with van der Waals surface area (Å²) in [5.41, 5.74) is 3.00. The number of benzene rings is 2. The van der Waals surface area contributed by atoms with E-state index in [1.54, 1.807) is 0 Å². The Morgan fingerprint density at radius 1 is 1.09 bits per heavy atom. The molecule has 2 N–H and O–H groups in total. The van der Waals surface area contributed by atoms with Crippen molar-refractivity contribution in [2.75, 3.05) is 6.54 Å². The Balaban J connectivity index is 1.53. The number of rotatable bonds is 4. The number of amides is 1. The third kappa shape index (κ3) is 2.57. The van der Waals surface area contributed by atoms with Crippen LogP contribution in [-0.2, 0) is 5.41 Å². The van der Waals surface area contributed by atoms with Crippen LogP contribution in [0.1, 0.15) is 28.9 Å². The topological polar surface area (TPSA) is 44.9 Å². The number of aromatic amines is 1. The van der Waals surface area contributed by atoms with E-state index in [2.05, 4.69) is 50.5 Å². The van der Waals surface area contributed by atoms with Gasteiger partial charge in [0.2, 0.25) is 0 Å². The number of carbonyl (C=O) groups excluding carboxylic acids is 1. The number of para-hydroxylation sites is 1. The summed E-state index contributed by atoms with van der Waals surface area (Å²) in [5, 5.41) is 4.13. The van der Waals surface area contributed by atoms with E-state index in [-0.39, 0.29) is 11.3 Å². The first-order chi connectivity index (χ1) is 11.2. The zero-order valence-corrected chi connectivity index (χ0v) is 14.2. The summed E-state index contributed by atoms with van der Waals surface area (Å²) in [6.45, 7) is 0.678. The fraction of sp³-hybridized carbons (Fsp3) is 0.211. The lowest BCUT2D eigenvalue weighted by Crippen LogP contribution is -2.32. The van der Waals surface area contributed by atoms with Gasteiger partial charge in [0.15, 0.2) is 0 Å². The SMILES string of the molecule is O=C(NCC1(c2ccccc2)CC1)c1[nH]c2ccccc2c1Br. The molecular formula is C19H17BrN2O. The highest BCUT2D eigenvalue weighted by Gasteiger charge is 2.44. The summed E-state index contributed by atoms with van der Waals surface area (Å²) in [6.07, 6.45) is 2.26. The minimum Gasteiger partial charge on any atom is -0.350 e. The van der Waals surface area contributed by atoms with Crippen LogP contribution < -0.4 is 5.32 Å². The van der Waals surface area contributed by atoms with Gasteiger partial charge in [0.05, 0.1) is 4.47 Å². The van der Waals surface area contributed by atoms with E-state index in [0.29, 0.717) is 12.2 Å². The highest BCUT2D eigenvalue weighted by Crippen LogP contribution is 2.47. The minimum atomic E-state index is -0.0599. The molecule has 4 heteroatoms. The zero-order chi connectivity index (χ0) is 15.9. The van der Waals surface area contributed by atoms with Gasteiger partial charge in [-0.1, -0.05) is 48.5 Å². The van der Waals surface area contributed by atoms with Gasteiger partial charge in [0.1, 0.15) is 5.69 Å². The van der Waals surface area contributed by atoms with Crippen molar-refractivity contribution < 1.29 is 4.79 Å². The Labute approximate surface area is 143 Å². The second-order valence-electron chi connectivity index (χ2n) is 6.19. The predicted molar refractivity (Wildman–Crippen MR) is 95.7 cm³/mol. The lowest BCUT2D eigenvalue weighted by atomic mass is 9.96. The van der Waals surface area contributed by atoms with Gasteiger partial charge in [-0.25, -0.2) is 0 Å². The van der Waals surface area contributed by atoms with Crippen LogP contribution in [0.3, 0.4) is 0 Å². The van der Waals surface area contributed by atoms with Crippen LogP contribution in [-0.4, -0.2) is 17.4 Å². The van der Waals surface area contributed by atoms with E-state index in [1.165, 1.54) is 5.56 Å². The minimum absolute atomic E-state index is 0.0599. The van der Waals surface area contributed by atoms with Crippen LogP contribution in [0.25, 0.3) is 10.9 Å². The Morgan fingerprint density at radius 2 is 1.78 bits per heavy atom. The summed E-state index contributed by atoms with van der Waals surface area (Å²) in [6, 6.07) is 18.4. The molecule has 2 aromatic carbocycles. The van der Waals surface area contributed by atoms with Crippen LogP contribution >= 0.6 is 15.9 Å². The fourth-order valence-corrected chi connectivity index (χ4v) is 3.74. The molecule has 1 amide bonds. The average molecular weight is 369 g/mol. The zero-order valence-electron chi connectivity index (χ0n) is 12.6. The molecule has 0 unspecified atom stereocenters. The maximum atomic E-state index is 12.6. The second-order valence-corrected chi connectivity index (χ2v) is 6.98. The molecule has 0 atom stereocenters. The monoisotopic (exact) mass is 368 g/mol. The summed E-state index contributed by atoms with van der Waals surface area (Å²) < 4.78 is 0.829. The van der Waals surface area contributed by atoms with E-state index in [0.717, 1.165) is 28.2 Å². The summed E-state index contributed by atoms with van der Waals surface area (Å²) in [5.74, 6) is -0.0599. The molecule has 0 saturated heterocycles. The van der Waals surface area contributed by atoms with E-state index < -0.39 is 0 Å². The van der Waals surface area contributed by atoms with E-state index in [1.807, 2.05) is 30.3 Å². The van der Waals surface area contributed by atoms with Crippen molar-refractivity contribution in [1.29, 1.82) is 0 Å². The van der Waals surface area contributed by atoms with Crippen LogP contribution in [0.4, 0.5) is 0 Å². The molecule has 0 bridgehead atoms. The van der Waals surface area contributed by atoms with Gasteiger partial charge in [0.25, 0.3) is 5.91 Å². The Bertz CT molecular complexity index is 865. The number of aromatic nitrogens is 1. The second kappa shape index (κ2) is 5.53. The largest absolute Gasteiger partial charge is 0.350 e. The lowest BCUT2D eigenvalue weighted by Gasteiger charge is -2.16. The highest BCUT2D eigenvalue weighted by molar-refractivity contribution is 9.10. The van der Waals surface area contributed by atoms with Crippen molar-refractivity contribution >= 4 is 32.7 Å². The molecule has 116 valence electrons. The summed E-state index contributed by atoms with van der Waals surface area (Å²) >= 11 is 3.54. The third-order valence-electron chi connectivity index (χ3n) is 4.70. The number of halogens is 1. The van der Waals surface area contributed by atoms with Crippen molar-refractivity contribution in [3.05, 3.63) is 70.3 Å². The van der Waals surface area contributed by atoms with Crippen LogP contribution in [0, 0.1) is 0 Å². The van der Waals surface area contributed by atoms with Crippen molar-refractivity contribution in [3.63, 3.8) is 0 Å². The first-order valence-electron chi connectivity index (χ1n) is 7.80. The van der Waals surface area contributed by atoms with Crippen molar-refractivity contribution in [3.8, 4) is 0 Å². The average Bonchev–Trinajstić information content (AvgIpc) is 3.32. The molecule has 0 spiro atoms. The number of fused-ring (bicyclic) bond motifs is 1. The van der Waals surface area contributed by atoms with Crippen LogP contribution in [0.15, 0.2) is 59.1 Å². The molecule has 1 fully saturated rings. The van der Waals surface area contributed by atoms with Crippen LogP contribution in [0.5, 0.6) is 0 Å². The molecule has 0 aliphatic heterocycles. The predicted octanol–water partition coefficient (Wildman–Crippen LogP) is 4.39. The molecular weight excluding hydrogens is 352 g/mol. The number of nitrogens with one attached hydrogen (secondary N) is 2. The Morgan fingerprint density at radius 3 is 2.48 bits per heavy atom. The molecule has 3 nitrogen and oxygen atoms in total. The van der Waals surface area contributed by atoms with Crippen molar-refractivity contribution in [2.45, 2.75) is 18.3 Å². The number of hydrogen-bond donors (Lipinski definition) is 2. The molecule has 23 heavy (non-hydrogen) atoms. The first kappa shape index (κ1) is 14.5. The molecule has 4 rings (SSSR count). The lowest BCUT2D eigenvalue weighted by molar-refractivity contribution is 0.0945. The quantitative estimate of drug-likeness (QED) is 0.704. The Hall–Kier alpha value is -2.07. The molecule has 3 aromatic rings. The maximum Gasteiger partial charge on any atom is 0.268 e. The van der Waals surface area contributed by atoms with E-state index >= 15 is 0 Å². The molecule has 1 aliphatic rings. The Kier molecular flexibility index (Phi) is 3.49. The maximum absolute atomic E-state index is 12.6. The van der Waals surface area contributed by atoms with Crippen molar-refractivity contribution in [2.24, 2.45) is 0 Å². The fourth-order valence-electron chi connectivity index (χ4n) is 3.11. The standard InChI is InChI=1S/C19H17BrN2O/c20-16-14-8-4-5-9-15(14)22-17(16)18(23)21-12-19(10-11-19)13-6-2-1-3-7-13/h1-9,22H,10-12H2,(H,21,23). The van der Waals surface area contributed by atoms with E-state index in [4.69, 9.17) is 0 Å². The molecule has 1 saturated carbocycles. The van der Waals surface area contributed by atoms with Gasteiger partial charge >= 0.3 is 0 Å². The highest BCUT2D eigenvalue weighted by atomic mass is 79.9.